The Morgan fingerprint density at radius 2 is 1.38 bits per heavy atom. The largest absolute Gasteiger partial charge is 0.394 e. The highest BCUT2D eigenvalue weighted by Gasteiger charge is 2.39. The molecule has 0 amide bonds. The van der Waals surface area contributed by atoms with Gasteiger partial charge >= 0.3 is 0 Å². The van der Waals surface area contributed by atoms with Crippen LogP contribution >= 0.6 is 0 Å². The first kappa shape index (κ1) is 26.6. The molecule has 0 spiro atoms. The number of aliphatic hydroxyl groups is 3. The molecule has 29 heavy (non-hydrogen) atoms. The molecular formula is C24H46O5. The quantitative estimate of drug-likeness (QED) is 0.227. The number of rotatable bonds is 18. The maximum Gasteiger partial charge on any atom is 0.114 e. The van der Waals surface area contributed by atoms with Gasteiger partial charge in [0.2, 0.25) is 0 Å². The summed E-state index contributed by atoms with van der Waals surface area (Å²) in [5.74, 6) is 0. The van der Waals surface area contributed by atoms with Crippen LogP contribution in [0.5, 0.6) is 0 Å². The van der Waals surface area contributed by atoms with Crippen molar-refractivity contribution in [1.29, 1.82) is 0 Å². The molecule has 0 aromatic heterocycles. The lowest BCUT2D eigenvalue weighted by molar-refractivity contribution is -0.211. The fourth-order valence-electron chi connectivity index (χ4n) is 3.80. The lowest BCUT2D eigenvalue weighted by Gasteiger charge is -2.37. The van der Waals surface area contributed by atoms with Crippen molar-refractivity contribution < 1.29 is 24.8 Å². The Morgan fingerprint density at radius 1 is 0.828 bits per heavy atom. The van der Waals surface area contributed by atoms with Gasteiger partial charge in [0.1, 0.15) is 24.4 Å². The highest BCUT2D eigenvalue weighted by atomic mass is 16.6. The number of aliphatic hydroxyl groups excluding tert-OH is 3. The van der Waals surface area contributed by atoms with Crippen LogP contribution in [0.2, 0.25) is 0 Å². The third-order valence-corrected chi connectivity index (χ3v) is 5.72. The van der Waals surface area contributed by atoms with Crippen LogP contribution in [0.15, 0.2) is 12.2 Å². The van der Waals surface area contributed by atoms with Gasteiger partial charge in [0, 0.05) is 6.61 Å². The van der Waals surface area contributed by atoms with Gasteiger partial charge in [-0.2, -0.15) is 0 Å². The lowest BCUT2D eigenvalue weighted by atomic mass is 10.0. The van der Waals surface area contributed by atoms with E-state index in [2.05, 4.69) is 19.1 Å². The zero-order valence-corrected chi connectivity index (χ0v) is 18.6. The summed E-state index contributed by atoms with van der Waals surface area (Å²) in [5, 5.41) is 29.0. The predicted molar refractivity (Wildman–Crippen MR) is 118 cm³/mol. The maximum atomic E-state index is 9.99. The average molecular weight is 415 g/mol. The molecule has 5 nitrogen and oxygen atoms in total. The Bertz CT molecular complexity index is 385. The third-order valence-electron chi connectivity index (χ3n) is 5.72. The van der Waals surface area contributed by atoms with Gasteiger partial charge in [-0.25, -0.2) is 0 Å². The molecule has 0 radical (unpaired) electrons. The van der Waals surface area contributed by atoms with Crippen molar-refractivity contribution in [2.45, 2.75) is 121 Å². The van der Waals surface area contributed by atoms with E-state index in [0.717, 1.165) is 19.3 Å². The lowest BCUT2D eigenvalue weighted by Crippen LogP contribution is -2.55. The zero-order valence-electron chi connectivity index (χ0n) is 18.6. The second-order valence-electron chi connectivity index (χ2n) is 8.39. The average Bonchev–Trinajstić information content (AvgIpc) is 2.73. The molecule has 3 N–H and O–H groups in total. The summed E-state index contributed by atoms with van der Waals surface area (Å²) < 4.78 is 11.0. The van der Waals surface area contributed by atoms with Crippen molar-refractivity contribution >= 4 is 0 Å². The van der Waals surface area contributed by atoms with Crippen LogP contribution in [-0.4, -0.2) is 59.6 Å². The van der Waals surface area contributed by atoms with Crippen LogP contribution in [0.1, 0.15) is 96.8 Å². The first-order valence-corrected chi connectivity index (χ1v) is 12.1. The standard InChI is InChI=1S/C24H46O5/c1-2-3-4-5-6-7-8-9-10-11-12-13-14-15-16-17-18-28-24-22(19-25)29-20-21(26)23(24)27/h14-15,21-27H,2-13,16-20H2,1H3/b15-14+/t21-,22+,23+,24+/m1/s1. The number of hydrogen-bond acceptors (Lipinski definition) is 5. The molecule has 5 heteroatoms. The molecular weight excluding hydrogens is 368 g/mol. The molecule has 1 aliphatic heterocycles. The summed E-state index contributed by atoms with van der Waals surface area (Å²) in [6.45, 7) is 2.57. The minimum absolute atomic E-state index is 0.0358. The fraction of sp³-hybridized carbons (Fsp3) is 0.917. The number of allylic oxidation sites excluding steroid dienone is 2. The van der Waals surface area contributed by atoms with Crippen LogP contribution in [-0.2, 0) is 9.47 Å². The summed E-state index contributed by atoms with van der Waals surface area (Å²) >= 11 is 0. The van der Waals surface area contributed by atoms with Crippen molar-refractivity contribution in [2.75, 3.05) is 19.8 Å². The Labute approximate surface area is 178 Å². The molecule has 1 saturated heterocycles. The third kappa shape index (κ3) is 12.7. The SMILES string of the molecule is CCCCCCCCCCCCC/C=C/CCCO[C@@H]1[C@@H](O)[C@H](O)CO[C@H]1CO. The van der Waals surface area contributed by atoms with Gasteiger partial charge in [0.05, 0.1) is 13.2 Å². The highest BCUT2D eigenvalue weighted by molar-refractivity contribution is 4.88. The smallest absolute Gasteiger partial charge is 0.114 e. The van der Waals surface area contributed by atoms with E-state index in [0.29, 0.717) is 6.61 Å². The van der Waals surface area contributed by atoms with Crippen LogP contribution in [0, 0.1) is 0 Å². The van der Waals surface area contributed by atoms with E-state index in [9.17, 15) is 15.3 Å². The summed E-state index contributed by atoms with van der Waals surface area (Å²) in [6, 6.07) is 0. The molecule has 1 fully saturated rings. The van der Waals surface area contributed by atoms with Crippen LogP contribution in [0.4, 0.5) is 0 Å². The van der Waals surface area contributed by atoms with Crippen LogP contribution in [0.3, 0.4) is 0 Å². The van der Waals surface area contributed by atoms with E-state index in [1.807, 2.05) is 0 Å². The number of unbranched alkanes of at least 4 members (excludes halogenated alkanes) is 12. The van der Waals surface area contributed by atoms with E-state index in [1.54, 1.807) is 0 Å². The summed E-state index contributed by atoms with van der Waals surface area (Å²) in [4.78, 5) is 0. The van der Waals surface area contributed by atoms with Crippen molar-refractivity contribution in [2.24, 2.45) is 0 Å². The number of ether oxygens (including phenoxy) is 2. The van der Waals surface area contributed by atoms with Gasteiger partial charge in [0.15, 0.2) is 0 Å². The molecule has 0 aromatic carbocycles. The van der Waals surface area contributed by atoms with Gasteiger partial charge < -0.3 is 24.8 Å². The molecule has 172 valence electrons. The molecule has 0 aromatic rings. The topological polar surface area (TPSA) is 79.2 Å². The predicted octanol–water partition coefficient (Wildman–Crippen LogP) is 4.52. The monoisotopic (exact) mass is 414 g/mol. The van der Waals surface area contributed by atoms with Crippen molar-refractivity contribution in [3.05, 3.63) is 12.2 Å². The molecule has 1 aliphatic rings. The molecule has 0 saturated carbocycles. The summed E-state index contributed by atoms with van der Waals surface area (Å²) in [5.41, 5.74) is 0. The molecule has 0 unspecified atom stereocenters. The summed E-state index contributed by atoms with van der Waals surface area (Å²) in [6.07, 6.45) is 19.3. The second kappa shape index (κ2) is 18.3. The zero-order chi connectivity index (χ0) is 21.2. The second-order valence-corrected chi connectivity index (χ2v) is 8.39. The normalized spacial score (nSPS) is 25.1. The van der Waals surface area contributed by atoms with E-state index < -0.39 is 24.4 Å². The fourth-order valence-corrected chi connectivity index (χ4v) is 3.80. The summed E-state index contributed by atoms with van der Waals surface area (Å²) in [7, 11) is 0. The van der Waals surface area contributed by atoms with E-state index in [1.165, 1.54) is 70.6 Å². The first-order chi connectivity index (χ1) is 14.2. The van der Waals surface area contributed by atoms with E-state index in [-0.39, 0.29) is 13.2 Å². The minimum atomic E-state index is -1.00. The van der Waals surface area contributed by atoms with Crippen molar-refractivity contribution in [3.8, 4) is 0 Å². The molecule has 1 rings (SSSR count). The van der Waals surface area contributed by atoms with Crippen LogP contribution in [0.25, 0.3) is 0 Å². The number of hydrogen-bond donors (Lipinski definition) is 3. The van der Waals surface area contributed by atoms with E-state index >= 15 is 0 Å². The van der Waals surface area contributed by atoms with Gasteiger partial charge in [-0.15, -0.1) is 0 Å². The van der Waals surface area contributed by atoms with Gasteiger partial charge in [-0.05, 0) is 25.7 Å². The maximum absolute atomic E-state index is 9.99. The van der Waals surface area contributed by atoms with Crippen molar-refractivity contribution in [3.63, 3.8) is 0 Å². The Kier molecular flexibility index (Phi) is 16.8. The van der Waals surface area contributed by atoms with Gasteiger partial charge in [-0.3, -0.25) is 0 Å². The first-order valence-electron chi connectivity index (χ1n) is 12.1. The Morgan fingerprint density at radius 3 is 1.97 bits per heavy atom. The van der Waals surface area contributed by atoms with Crippen LogP contribution < -0.4 is 0 Å². The van der Waals surface area contributed by atoms with Crippen molar-refractivity contribution in [1.82, 2.24) is 0 Å². The van der Waals surface area contributed by atoms with E-state index in [4.69, 9.17) is 9.47 Å². The highest BCUT2D eigenvalue weighted by Crippen LogP contribution is 2.19. The Hall–Kier alpha value is -0.460. The van der Waals surface area contributed by atoms with Gasteiger partial charge in [-0.1, -0.05) is 83.3 Å². The molecule has 0 aliphatic carbocycles. The molecule has 1 heterocycles. The minimum Gasteiger partial charge on any atom is -0.394 e. The van der Waals surface area contributed by atoms with Gasteiger partial charge in [0.25, 0.3) is 0 Å². The molecule has 0 bridgehead atoms. The Balaban J connectivity index is 1.89. The molecule has 4 atom stereocenters.